The second kappa shape index (κ2) is 3.37. The van der Waals surface area contributed by atoms with Crippen molar-refractivity contribution in [3.05, 3.63) is 0 Å². The van der Waals surface area contributed by atoms with Crippen LogP contribution in [0.3, 0.4) is 0 Å². The largest absolute Gasteiger partial charge is 0.750 e. The molecule has 0 heterocycles. The summed E-state index contributed by atoms with van der Waals surface area (Å²) in [4.78, 5) is 0. The topological polar surface area (TPSA) is 49.4 Å². The van der Waals surface area contributed by atoms with Crippen molar-refractivity contribution in [1.82, 2.24) is 0 Å². The van der Waals surface area contributed by atoms with E-state index in [1.807, 2.05) is 0 Å². The van der Waals surface area contributed by atoms with Crippen LogP contribution in [0, 0.1) is 0 Å². The first kappa shape index (κ1) is 7.36. The van der Waals surface area contributed by atoms with Gasteiger partial charge >= 0.3 is 0 Å². The van der Waals surface area contributed by atoms with Crippen molar-refractivity contribution in [3.8, 4) is 0 Å². The van der Waals surface area contributed by atoms with Gasteiger partial charge in [0.05, 0.1) is 11.4 Å². The molecule has 0 saturated heterocycles. The fourth-order valence-electron chi connectivity index (χ4n) is 0.108. The quantitative estimate of drug-likeness (QED) is 0.415. The lowest BCUT2D eigenvalue weighted by Gasteiger charge is -2.05. The van der Waals surface area contributed by atoms with E-state index in [9.17, 15) is 8.76 Å². The van der Waals surface area contributed by atoms with Gasteiger partial charge in [-0.15, -0.1) is 0 Å². The van der Waals surface area contributed by atoms with Gasteiger partial charge in [0.25, 0.3) is 0 Å². The Morgan fingerprint density at radius 2 is 2.43 bits per heavy atom. The maximum atomic E-state index is 9.50. The third-order valence-corrected chi connectivity index (χ3v) is 0.852. The third kappa shape index (κ3) is 6.36. The van der Waals surface area contributed by atoms with Crippen molar-refractivity contribution in [3.63, 3.8) is 0 Å². The molecule has 0 N–H and O–H groups in total. The van der Waals surface area contributed by atoms with E-state index in [1.165, 1.54) is 6.92 Å². The Morgan fingerprint density at radius 1 is 2.00 bits per heavy atom. The van der Waals surface area contributed by atoms with Gasteiger partial charge in [-0.2, -0.15) is 0 Å². The average molecular weight is 144 g/mol. The van der Waals surface area contributed by atoms with E-state index in [0.29, 0.717) is 0 Å². The molecule has 5 heteroatoms. The lowest BCUT2D eigenvalue weighted by atomic mass is 10.9. The summed E-state index contributed by atoms with van der Waals surface area (Å²) in [5, 5.41) is 0. The van der Waals surface area contributed by atoms with Gasteiger partial charge in [-0.05, 0) is 6.92 Å². The molecule has 0 spiro atoms. The highest BCUT2D eigenvalue weighted by atomic mass is 35.5. The van der Waals surface area contributed by atoms with Gasteiger partial charge in [-0.3, -0.25) is 4.18 Å². The van der Waals surface area contributed by atoms with E-state index in [0.717, 1.165) is 0 Å². The summed E-state index contributed by atoms with van der Waals surface area (Å²) < 4.78 is 22.9. The van der Waals surface area contributed by atoms with Gasteiger partial charge in [0, 0.05) is 0 Å². The molecule has 0 bridgehead atoms. The molecule has 0 radical (unpaired) electrons. The van der Waals surface area contributed by atoms with E-state index in [1.54, 1.807) is 0 Å². The molecular weight excluding hydrogens is 140 g/mol. The first-order valence-electron chi connectivity index (χ1n) is 1.53. The Balaban J connectivity index is 3.13. The molecular formula is C2H4ClO3S-. The van der Waals surface area contributed by atoms with Crippen molar-refractivity contribution in [1.29, 1.82) is 0 Å². The second-order valence-corrected chi connectivity index (χ2v) is 2.06. The van der Waals surface area contributed by atoms with Crippen LogP contribution in [0.4, 0.5) is 0 Å². The minimum Gasteiger partial charge on any atom is -0.750 e. The Morgan fingerprint density at radius 3 is 2.43 bits per heavy atom. The summed E-state index contributed by atoms with van der Waals surface area (Å²) in [5.74, 6) is 0. The fraction of sp³-hybridized carbons (Fsp3) is 1.00. The smallest absolute Gasteiger partial charge is 0.144 e. The summed E-state index contributed by atoms with van der Waals surface area (Å²) in [6.45, 7) is 1.41. The van der Waals surface area contributed by atoms with Crippen LogP contribution in [0.1, 0.15) is 6.92 Å². The lowest BCUT2D eigenvalue weighted by molar-refractivity contribution is 0.287. The molecule has 3 nitrogen and oxygen atoms in total. The van der Waals surface area contributed by atoms with E-state index in [2.05, 4.69) is 4.18 Å². The van der Waals surface area contributed by atoms with Crippen LogP contribution in [0.25, 0.3) is 0 Å². The zero-order chi connectivity index (χ0) is 5.86. The SMILES string of the molecule is CC(Cl)OS(=O)[O-]. The highest BCUT2D eigenvalue weighted by molar-refractivity contribution is 7.74. The summed E-state index contributed by atoms with van der Waals surface area (Å²) in [6, 6.07) is 0. The van der Waals surface area contributed by atoms with Crippen LogP contribution in [-0.4, -0.2) is 14.3 Å². The van der Waals surface area contributed by atoms with Crippen LogP contribution in [0.2, 0.25) is 0 Å². The summed E-state index contributed by atoms with van der Waals surface area (Å²) >= 11 is 2.58. The minimum absolute atomic E-state index is 0.765. The molecule has 0 aromatic rings. The number of hydrogen-bond acceptors (Lipinski definition) is 3. The van der Waals surface area contributed by atoms with Gasteiger partial charge < -0.3 is 4.55 Å². The molecule has 0 amide bonds. The molecule has 0 aliphatic heterocycles. The standard InChI is InChI=1S/C2H5ClO3S/c1-2(3)6-7(4)5/h2H,1H3,(H,4,5)/p-1. The van der Waals surface area contributed by atoms with E-state index >= 15 is 0 Å². The first-order chi connectivity index (χ1) is 3.13. The molecule has 0 saturated carbocycles. The predicted octanol–water partition coefficient (Wildman–Crippen LogP) is 0.382. The van der Waals surface area contributed by atoms with Crippen molar-refractivity contribution < 1.29 is 12.9 Å². The Hall–Kier alpha value is 0.360. The fourth-order valence-corrected chi connectivity index (χ4v) is 0.503. The molecule has 7 heavy (non-hydrogen) atoms. The van der Waals surface area contributed by atoms with Gasteiger partial charge in [0.2, 0.25) is 0 Å². The summed E-state index contributed by atoms with van der Waals surface area (Å²) in [5.41, 5.74) is -0.765. The molecule has 44 valence electrons. The maximum Gasteiger partial charge on any atom is 0.144 e. The zero-order valence-corrected chi connectivity index (χ0v) is 5.16. The van der Waals surface area contributed by atoms with Crippen molar-refractivity contribution in [2.24, 2.45) is 0 Å². The third-order valence-electron chi connectivity index (χ3n) is 0.211. The van der Waals surface area contributed by atoms with Crippen LogP contribution in [0.15, 0.2) is 0 Å². The average Bonchev–Trinajstić information content (AvgIpc) is 1.27. The molecule has 0 aliphatic rings. The highest BCUT2D eigenvalue weighted by Gasteiger charge is 1.91. The van der Waals surface area contributed by atoms with Gasteiger partial charge in [-0.25, -0.2) is 4.21 Å². The van der Waals surface area contributed by atoms with Crippen molar-refractivity contribution in [2.75, 3.05) is 0 Å². The first-order valence-corrected chi connectivity index (χ1v) is 2.97. The second-order valence-electron chi connectivity index (χ2n) is 0.843. The van der Waals surface area contributed by atoms with Gasteiger partial charge in [0.15, 0.2) is 0 Å². The van der Waals surface area contributed by atoms with E-state index in [-0.39, 0.29) is 0 Å². The van der Waals surface area contributed by atoms with Gasteiger partial charge in [0.1, 0.15) is 5.56 Å². The molecule has 0 fully saturated rings. The zero-order valence-electron chi connectivity index (χ0n) is 3.59. The number of halogens is 1. The monoisotopic (exact) mass is 143 g/mol. The number of hydrogen-bond donors (Lipinski definition) is 0. The van der Waals surface area contributed by atoms with Crippen LogP contribution in [-0.2, 0) is 15.5 Å². The predicted molar refractivity (Wildman–Crippen MR) is 25.3 cm³/mol. The maximum absolute atomic E-state index is 9.50. The van der Waals surface area contributed by atoms with Crippen LogP contribution in [0.5, 0.6) is 0 Å². The molecule has 0 aromatic carbocycles. The molecule has 2 unspecified atom stereocenters. The van der Waals surface area contributed by atoms with Crippen LogP contribution >= 0.6 is 11.6 Å². The van der Waals surface area contributed by atoms with E-state index in [4.69, 9.17) is 11.6 Å². The molecule has 0 rings (SSSR count). The Labute approximate surface area is 49.1 Å². The van der Waals surface area contributed by atoms with Crippen molar-refractivity contribution >= 4 is 23.0 Å². The number of rotatable bonds is 2. The van der Waals surface area contributed by atoms with Crippen molar-refractivity contribution in [2.45, 2.75) is 12.5 Å². The van der Waals surface area contributed by atoms with Gasteiger partial charge in [-0.1, -0.05) is 11.6 Å². The summed E-state index contributed by atoms with van der Waals surface area (Å²) in [7, 11) is 0. The minimum atomic E-state index is -2.48. The number of alkyl halides is 1. The Bertz CT molecular complexity index is 73.3. The summed E-state index contributed by atoms with van der Waals surface area (Å²) in [6.07, 6.45) is 0. The Kier molecular flexibility index (Phi) is 3.55. The van der Waals surface area contributed by atoms with Crippen LogP contribution < -0.4 is 0 Å². The van der Waals surface area contributed by atoms with E-state index < -0.39 is 16.9 Å². The molecule has 2 atom stereocenters. The molecule has 0 aromatic heterocycles. The normalized spacial score (nSPS) is 18.7. The molecule has 0 aliphatic carbocycles. The highest BCUT2D eigenvalue weighted by Crippen LogP contribution is 1.95. The lowest BCUT2D eigenvalue weighted by Crippen LogP contribution is -2.01.